The van der Waals surface area contributed by atoms with E-state index in [1.165, 1.54) is 12.0 Å². The van der Waals surface area contributed by atoms with Crippen LogP contribution in [0.5, 0.6) is 5.75 Å². The van der Waals surface area contributed by atoms with Crippen LogP contribution in [0.3, 0.4) is 0 Å². The van der Waals surface area contributed by atoms with E-state index >= 15 is 0 Å². The third kappa shape index (κ3) is 3.49. The summed E-state index contributed by atoms with van der Waals surface area (Å²) in [6.45, 7) is 2.17. The Morgan fingerprint density at radius 3 is 2.46 bits per heavy atom. The maximum absolute atomic E-state index is 5.09. The van der Waals surface area contributed by atoms with Crippen LogP contribution in [0.4, 0.5) is 0 Å². The van der Waals surface area contributed by atoms with Gasteiger partial charge in [-0.15, -0.1) is 0 Å². The molecule has 0 aliphatic heterocycles. The van der Waals surface area contributed by atoms with Gasteiger partial charge in [-0.05, 0) is 37.0 Å². The van der Waals surface area contributed by atoms with Crippen LogP contribution in [0.15, 0.2) is 24.3 Å². The van der Waals surface area contributed by atoms with Gasteiger partial charge in [0, 0.05) is 0 Å². The van der Waals surface area contributed by atoms with Gasteiger partial charge in [0.15, 0.2) is 0 Å². The van der Waals surface area contributed by atoms with Gasteiger partial charge < -0.3 is 4.74 Å². The number of ether oxygens (including phenoxy) is 1. The predicted molar refractivity (Wildman–Crippen MR) is 55.9 cm³/mol. The van der Waals surface area contributed by atoms with Gasteiger partial charge in [-0.3, -0.25) is 0 Å². The van der Waals surface area contributed by atoms with Crippen molar-refractivity contribution in [3.63, 3.8) is 0 Å². The Labute approximate surface area is 80.7 Å². The van der Waals surface area contributed by atoms with Gasteiger partial charge in [0.1, 0.15) is 5.75 Å². The lowest BCUT2D eigenvalue weighted by Gasteiger charge is -2.02. The summed E-state index contributed by atoms with van der Waals surface area (Å²) in [6.07, 6.45) is 5.78. The molecule has 1 aromatic rings. The molecule has 1 aromatic carbocycles. The van der Waals surface area contributed by atoms with Crippen molar-refractivity contribution in [3.8, 4) is 5.75 Å². The van der Waals surface area contributed by atoms with Gasteiger partial charge in [-0.1, -0.05) is 25.5 Å². The minimum Gasteiger partial charge on any atom is -0.497 e. The topological polar surface area (TPSA) is 9.23 Å². The second kappa shape index (κ2) is 5.63. The fourth-order valence-electron chi connectivity index (χ4n) is 1.27. The smallest absolute Gasteiger partial charge is 0.118 e. The molecule has 0 saturated carbocycles. The zero-order chi connectivity index (χ0) is 9.52. The first-order chi connectivity index (χ1) is 6.36. The Morgan fingerprint density at radius 2 is 1.92 bits per heavy atom. The van der Waals surface area contributed by atoms with Crippen molar-refractivity contribution >= 4 is 0 Å². The van der Waals surface area contributed by atoms with Gasteiger partial charge in [0.05, 0.1) is 7.11 Å². The number of benzene rings is 1. The zero-order valence-corrected chi connectivity index (χ0v) is 8.42. The highest BCUT2D eigenvalue weighted by molar-refractivity contribution is 5.27. The van der Waals surface area contributed by atoms with Crippen LogP contribution in [-0.4, -0.2) is 7.11 Å². The van der Waals surface area contributed by atoms with E-state index in [1.807, 2.05) is 12.1 Å². The highest BCUT2D eigenvalue weighted by atomic mass is 16.5. The molecule has 0 aliphatic rings. The summed E-state index contributed by atoms with van der Waals surface area (Å²) < 4.78 is 5.09. The van der Waals surface area contributed by atoms with E-state index in [0.717, 1.165) is 18.6 Å². The van der Waals surface area contributed by atoms with Crippen LogP contribution in [-0.2, 0) is 6.42 Å². The summed E-state index contributed by atoms with van der Waals surface area (Å²) in [7, 11) is 1.69. The lowest BCUT2D eigenvalue weighted by atomic mass is 10.1. The fourth-order valence-corrected chi connectivity index (χ4v) is 1.27. The van der Waals surface area contributed by atoms with Crippen LogP contribution < -0.4 is 4.74 Å². The molecular formula is C12H17O. The molecule has 0 aromatic heterocycles. The zero-order valence-electron chi connectivity index (χ0n) is 8.42. The quantitative estimate of drug-likeness (QED) is 0.627. The van der Waals surface area contributed by atoms with Crippen molar-refractivity contribution in [1.82, 2.24) is 0 Å². The van der Waals surface area contributed by atoms with Crippen LogP contribution in [0.1, 0.15) is 25.3 Å². The summed E-state index contributed by atoms with van der Waals surface area (Å²) in [4.78, 5) is 0. The maximum atomic E-state index is 5.09. The van der Waals surface area contributed by atoms with E-state index in [0.29, 0.717) is 0 Å². The molecule has 0 atom stereocenters. The number of rotatable bonds is 5. The van der Waals surface area contributed by atoms with Crippen molar-refractivity contribution in [2.45, 2.75) is 26.2 Å². The molecule has 1 heteroatoms. The number of hydrogen-bond acceptors (Lipinski definition) is 1. The van der Waals surface area contributed by atoms with Crippen LogP contribution >= 0.6 is 0 Å². The first-order valence-electron chi connectivity index (χ1n) is 4.81. The molecule has 0 amide bonds. The predicted octanol–water partition coefficient (Wildman–Crippen LogP) is 3.24. The van der Waals surface area contributed by atoms with E-state index in [-0.39, 0.29) is 0 Å². The number of aryl methyl sites for hydroxylation is 1. The van der Waals surface area contributed by atoms with Crippen molar-refractivity contribution in [2.75, 3.05) is 7.11 Å². The maximum Gasteiger partial charge on any atom is 0.118 e. The Bertz CT molecular complexity index is 225. The monoisotopic (exact) mass is 177 g/mol. The standard InChI is InChI=1S/C12H17O/c1-3-4-5-6-11-7-9-12(13-2)10-8-11/h4,7-10H,3,5-6H2,1-2H3. The number of unbranched alkanes of at least 4 members (excludes halogenated alkanes) is 2. The largest absolute Gasteiger partial charge is 0.497 e. The van der Waals surface area contributed by atoms with Gasteiger partial charge in [0.2, 0.25) is 0 Å². The molecule has 1 nitrogen and oxygen atoms in total. The number of hydrogen-bond donors (Lipinski definition) is 0. The highest BCUT2D eigenvalue weighted by Crippen LogP contribution is 2.13. The molecule has 0 unspecified atom stereocenters. The molecular weight excluding hydrogens is 160 g/mol. The van der Waals surface area contributed by atoms with E-state index in [1.54, 1.807) is 7.11 Å². The van der Waals surface area contributed by atoms with Crippen molar-refractivity contribution < 1.29 is 4.74 Å². The Balaban J connectivity index is 2.40. The van der Waals surface area contributed by atoms with E-state index < -0.39 is 0 Å². The second-order valence-electron chi connectivity index (χ2n) is 3.08. The third-order valence-electron chi connectivity index (χ3n) is 2.08. The van der Waals surface area contributed by atoms with E-state index in [2.05, 4.69) is 25.5 Å². The lowest BCUT2D eigenvalue weighted by molar-refractivity contribution is 0.414. The Hall–Kier alpha value is -0.980. The summed E-state index contributed by atoms with van der Waals surface area (Å²) >= 11 is 0. The van der Waals surface area contributed by atoms with Crippen molar-refractivity contribution in [2.24, 2.45) is 0 Å². The molecule has 0 N–H and O–H groups in total. The Morgan fingerprint density at radius 1 is 1.23 bits per heavy atom. The molecule has 0 aliphatic carbocycles. The van der Waals surface area contributed by atoms with Gasteiger partial charge in [-0.25, -0.2) is 0 Å². The second-order valence-corrected chi connectivity index (χ2v) is 3.08. The van der Waals surface area contributed by atoms with Crippen molar-refractivity contribution in [1.29, 1.82) is 0 Å². The van der Waals surface area contributed by atoms with Crippen LogP contribution in [0.25, 0.3) is 0 Å². The van der Waals surface area contributed by atoms with E-state index in [4.69, 9.17) is 4.74 Å². The third-order valence-corrected chi connectivity index (χ3v) is 2.08. The summed E-state index contributed by atoms with van der Waals surface area (Å²) in [5, 5.41) is 0. The molecule has 0 heterocycles. The fraction of sp³-hybridized carbons (Fsp3) is 0.417. The molecule has 13 heavy (non-hydrogen) atoms. The molecule has 0 bridgehead atoms. The molecule has 1 rings (SSSR count). The van der Waals surface area contributed by atoms with E-state index in [9.17, 15) is 0 Å². The molecule has 71 valence electrons. The Kier molecular flexibility index (Phi) is 4.37. The normalized spacial score (nSPS) is 10.0. The first kappa shape index (κ1) is 10.1. The average molecular weight is 177 g/mol. The van der Waals surface area contributed by atoms with Crippen LogP contribution in [0, 0.1) is 6.42 Å². The molecule has 0 saturated heterocycles. The minimum absolute atomic E-state index is 0.934. The van der Waals surface area contributed by atoms with Crippen molar-refractivity contribution in [3.05, 3.63) is 36.2 Å². The molecule has 1 radical (unpaired) electrons. The summed E-state index contributed by atoms with van der Waals surface area (Å²) in [5.41, 5.74) is 1.38. The van der Waals surface area contributed by atoms with Gasteiger partial charge >= 0.3 is 0 Å². The first-order valence-corrected chi connectivity index (χ1v) is 4.81. The summed E-state index contributed by atoms with van der Waals surface area (Å²) in [6, 6.07) is 8.28. The minimum atomic E-state index is 0.934. The molecule has 0 fully saturated rings. The molecule has 0 spiro atoms. The highest BCUT2D eigenvalue weighted by Gasteiger charge is 1.93. The number of methoxy groups -OCH3 is 1. The van der Waals surface area contributed by atoms with Gasteiger partial charge in [0.25, 0.3) is 0 Å². The average Bonchev–Trinajstić information content (AvgIpc) is 2.19. The summed E-state index contributed by atoms with van der Waals surface area (Å²) in [5.74, 6) is 0.934. The SMILES string of the molecule is CC[CH]CCc1ccc(OC)cc1. The van der Waals surface area contributed by atoms with Crippen LogP contribution in [0.2, 0.25) is 0 Å². The lowest BCUT2D eigenvalue weighted by Crippen LogP contribution is -1.87. The van der Waals surface area contributed by atoms with Gasteiger partial charge in [-0.2, -0.15) is 0 Å².